The van der Waals surface area contributed by atoms with Gasteiger partial charge in [-0.25, -0.2) is 0 Å². The second-order valence-corrected chi connectivity index (χ2v) is 5.45. The number of hydrogen-bond acceptors (Lipinski definition) is 1. The van der Waals surface area contributed by atoms with E-state index < -0.39 is 0 Å². The molecular formula is C11H19NO. The molecule has 1 amide bonds. The van der Waals surface area contributed by atoms with E-state index in [2.05, 4.69) is 19.2 Å². The zero-order valence-corrected chi connectivity index (χ0v) is 8.65. The summed E-state index contributed by atoms with van der Waals surface area (Å²) in [6, 6.07) is 0. The SMILES string of the molecule is CC1(C)CCC2(CCNC2=O)CC1. The van der Waals surface area contributed by atoms with Gasteiger partial charge in [-0.05, 0) is 37.5 Å². The van der Waals surface area contributed by atoms with Gasteiger partial charge in [-0.1, -0.05) is 13.8 Å². The van der Waals surface area contributed by atoms with Crippen molar-refractivity contribution in [3.8, 4) is 0 Å². The lowest BCUT2D eigenvalue weighted by molar-refractivity contribution is -0.130. The summed E-state index contributed by atoms with van der Waals surface area (Å²) in [5.41, 5.74) is 0.504. The summed E-state index contributed by atoms with van der Waals surface area (Å²) in [7, 11) is 0. The molecule has 1 saturated heterocycles. The topological polar surface area (TPSA) is 29.1 Å². The smallest absolute Gasteiger partial charge is 0.226 e. The molecule has 2 rings (SSSR count). The van der Waals surface area contributed by atoms with Gasteiger partial charge in [0, 0.05) is 6.54 Å². The molecule has 1 heterocycles. The first-order valence-electron chi connectivity index (χ1n) is 5.33. The van der Waals surface area contributed by atoms with Crippen LogP contribution >= 0.6 is 0 Å². The summed E-state index contributed by atoms with van der Waals surface area (Å²) < 4.78 is 0. The van der Waals surface area contributed by atoms with Crippen molar-refractivity contribution in [2.75, 3.05) is 6.54 Å². The number of nitrogens with one attached hydrogen (secondary N) is 1. The highest BCUT2D eigenvalue weighted by Crippen LogP contribution is 2.48. The summed E-state index contributed by atoms with van der Waals surface area (Å²) in [5.74, 6) is 0.322. The molecule has 1 N–H and O–H groups in total. The van der Waals surface area contributed by atoms with Gasteiger partial charge in [-0.2, -0.15) is 0 Å². The Labute approximate surface area is 80.1 Å². The van der Waals surface area contributed by atoms with E-state index in [4.69, 9.17) is 0 Å². The minimum atomic E-state index is 0.0372. The molecule has 1 saturated carbocycles. The zero-order valence-electron chi connectivity index (χ0n) is 8.65. The van der Waals surface area contributed by atoms with Crippen molar-refractivity contribution in [1.82, 2.24) is 5.32 Å². The molecule has 1 aliphatic heterocycles. The van der Waals surface area contributed by atoms with Gasteiger partial charge in [0.2, 0.25) is 5.91 Å². The Kier molecular flexibility index (Phi) is 1.90. The molecule has 74 valence electrons. The van der Waals surface area contributed by atoms with Crippen molar-refractivity contribution in [3.05, 3.63) is 0 Å². The predicted molar refractivity (Wildman–Crippen MR) is 52.3 cm³/mol. The maximum absolute atomic E-state index is 11.7. The predicted octanol–water partition coefficient (Wildman–Crippen LogP) is 2.09. The van der Waals surface area contributed by atoms with E-state index in [0.29, 0.717) is 11.3 Å². The molecule has 0 aromatic rings. The maximum Gasteiger partial charge on any atom is 0.226 e. The summed E-state index contributed by atoms with van der Waals surface area (Å²) >= 11 is 0. The highest BCUT2D eigenvalue weighted by molar-refractivity contribution is 5.84. The Morgan fingerprint density at radius 1 is 1.08 bits per heavy atom. The third kappa shape index (κ3) is 1.47. The van der Waals surface area contributed by atoms with Gasteiger partial charge >= 0.3 is 0 Å². The summed E-state index contributed by atoms with van der Waals surface area (Å²) in [6.45, 7) is 5.53. The molecule has 13 heavy (non-hydrogen) atoms. The van der Waals surface area contributed by atoms with Crippen molar-refractivity contribution in [2.24, 2.45) is 10.8 Å². The summed E-state index contributed by atoms with van der Waals surface area (Å²) in [6.07, 6.45) is 5.69. The Morgan fingerprint density at radius 3 is 2.15 bits per heavy atom. The van der Waals surface area contributed by atoms with Gasteiger partial charge in [0.15, 0.2) is 0 Å². The molecule has 2 fully saturated rings. The van der Waals surface area contributed by atoms with E-state index in [0.717, 1.165) is 25.8 Å². The van der Waals surface area contributed by atoms with Crippen molar-refractivity contribution in [1.29, 1.82) is 0 Å². The largest absolute Gasteiger partial charge is 0.356 e. The van der Waals surface area contributed by atoms with Crippen LogP contribution in [-0.2, 0) is 4.79 Å². The molecular weight excluding hydrogens is 162 g/mol. The van der Waals surface area contributed by atoms with Crippen molar-refractivity contribution >= 4 is 5.91 Å². The molecule has 2 heteroatoms. The number of amides is 1. The van der Waals surface area contributed by atoms with Crippen LogP contribution in [0.15, 0.2) is 0 Å². The average molecular weight is 181 g/mol. The molecule has 0 radical (unpaired) electrons. The van der Waals surface area contributed by atoms with Crippen LogP contribution in [0.2, 0.25) is 0 Å². The molecule has 0 aromatic heterocycles. The second-order valence-electron chi connectivity index (χ2n) is 5.45. The Hall–Kier alpha value is -0.530. The molecule has 1 spiro atoms. The van der Waals surface area contributed by atoms with Crippen LogP contribution in [0.1, 0.15) is 46.0 Å². The minimum absolute atomic E-state index is 0.0372. The van der Waals surface area contributed by atoms with Crippen LogP contribution in [0, 0.1) is 10.8 Å². The van der Waals surface area contributed by atoms with E-state index in [-0.39, 0.29) is 5.41 Å². The van der Waals surface area contributed by atoms with Crippen LogP contribution in [0.3, 0.4) is 0 Å². The zero-order chi connectivity index (χ0) is 9.53. The first kappa shape index (κ1) is 9.04. The molecule has 0 bridgehead atoms. The van der Waals surface area contributed by atoms with Gasteiger partial charge in [0.05, 0.1) is 5.41 Å². The highest BCUT2D eigenvalue weighted by atomic mass is 16.2. The average Bonchev–Trinajstić information content (AvgIpc) is 2.41. The second kappa shape index (κ2) is 2.73. The van der Waals surface area contributed by atoms with Crippen LogP contribution < -0.4 is 5.32 Å². The van der Waals surface area contributed by atoms with E-state index in [9.17, 15) is 4.79 Å². The maximum atomic E-state index is 11.7. The van der Waals surface area contributed by atoms with E-state index in [1.54, 1.807) is 0 Å². The van der Waals surface area contributed by atoms with E-state index >= 15 is 0 Å². The molecule has 0 atom stereocenters. The first-order valence-corrected chi connectivity index (χ1v) is 5.33. The lowest BCUT2D eigenvalue weighted by Crippen LogP contribution is -2.37. The number of carbonyl (C=O) groups excluding carboxylic acids is 1. The van der Waals surface area contributed by atoms with E-state index in [1.807, 2.05) is 0 Å². The Balaban J connectivity index is 2.08. The standard InChI is InChI=1S/C11H19NO/c1-10(2)3-5-11(6-4-10)7-8-12-9(11)13/h3-8H2,1-2H3,(H,12,13). The monoisotopic (exact) mass is 181 g/mol. The molecule has 2 aliphatic rings. The fourth-order valence-corrected chi connectivity index (χ4v) is 2.60. The normalized spacial score (nSPS) is 30.5. The molecule has 0 aromatic carbocycles. The van der Waals surface area contributed by atoms with Gasteiger partial charge < -0.3 is 5.32 Å². The third-order valence-electron chi connectivity index (χ3n) is 3.93. The Morgan fingerprint density at radius 2 is 1.69 bits per heavy atom. The van der Waals surface area contributed by atoms with E-state index in [1.165, 1.54) is 12.8 Å². The van der Waals surface area contributed by atoms with Crippen LogP contribution in [-0.4, -0.2) is 12.5 Å². The fourth-order valence-electron chi connectivity index (χ4n) is 2.60. The van der Waals surface area contributed by atoms with Crippen LogP contribution in [0.5, 0.6) is 0 Å². The minimum Gasteiger partial charge on any atom is -0.356 e. The molecule has 0 unspecified atom stereocenters. The van der Waals surface area contributed by atoms with Crippen molar-refractivity contribution in [2.45, 2.75) is 46.0 Å². The van der Waals surface area contributed by atoms with Crippen LogP contribution in [0.25, 0.3) is 0 Å². The van der Waals surface area contributed by atoms with Crippen molar-refractivity contribution < 1.29 is 4.79 Å². The van der Waals surface area contributed by atoms with Crippen molar-refractivity contribution in [3.63, 3.8) is 0 Å². The number of rotatable bonds is 0. The molecule has 2 nitrogen and oxygen atoms in total. The lowest BCUT2D eigenvalue weighted by Gasteiger charge is -2.39. The fraction of sp³-hybridized carbons (Fsp3) is 0.909. The van der Waals surface area contributed by atoms with Gasteiger partial charge in [-0.3, -0.25) is 4.79 Å². The first-order chi connectivity index (χ1) is 6.04. The summed E-state index contributed by atoms with van der Waals surface area (Å²) in [5, 5.41) is 2.97. The lowest BCUT2D eigenvalue weighted by atomic mass is 9.64. The molecule has 1 aliphatic carbocycles. The van der Waals surface area contributed by atoms with Crippen LogP contribution in [0.4, 0.5) is 0 Å². The van der Waals surface area contributed by atoms with Gasteiger partial charge in [-0.15, -0.1) is 0 Å². The highest BCUT2D eigenvalue weighted by Gasteiger charge is 2.46. The quantitative estimate of drug-likeness (QED) is 0.609. The third-order valence-corrected chi connectivity index (χ3v) is 3.93. The Bertz CT molecular complexity index is 222. The number of carbonyl (C=O) groups is 1. The van der Waals surface area contributed by atoms with Gasteiger partial charge in [0.25, 0.3) is 0 Å². The van der Waals surface area contributed by atoms with Gasteiger partial charge in [0.1, 0.15) is 0 Å². The summed E-state index contributed by atoms with van der Waals surface area (Å²) in [4.78, 5) is 11.7. The number of hydrogen-bond donors (Lipinski definition) is 1.